The maximum Gasteiger partial charge on any atom is 0.225 e. The first-order valence-electron chi connectivity index (χ1n) is 7.62. The van der Waals surface area contributed by atoms with E-state index >= 15 is 0 Å². The molecule has 1 aromatic carbocycles. The van der Waals surface area contributed by atoms with Crippen LogP contribution < -0.4 is 11.1 Å². The number of nitrogens with zero attached hydrogens (tertiary/aromatic N) is 2. The Morgan fingerprint density at radius 3 is 3.00 bits per heavy atom. The van der Waals surface area contributed by atoms with Crippen LogP contribution in [0, 0.1) is 0 Å². The van der Waals surface area contributed by atoms with Crippen LogP contribution in [0.25, 0.3) is 0 Å². The number of rotatable bonds is 4. The number of nitrogens with two attached hydrogens (primary N) is 1. The van der Waals surface area contributed by atoms with E-state index in [2.05, 4.69) is 29.1 Å². The molecular weight excluding hydrogens is 264 g/mol. The zero-order valence-electron chi connectivity index (χ0n) is 13.0. The second kappa shape index (κ2) is 7.43. The van der Waals surface area contributed by atoms with Gasteiger partial charge in [-0.3, -0.25) is 9.69 Å². The number of hydrogen-bond acceptors (Lipinski definition) is 4. The van der Waals surface area contributed by atoms with Crippen LogP contribution in [-0.2, 0) is 4.79 Å². The molecule has 1 unspecified atom stereocenters. The highest BCUT2D eigenvalue weighted by Gasteiger charge is 2.19. The zero-order chi connectivity index (χ0) is 15.2. The van der Waals surface area contributed by atoms with Gasteiger partial charge in [-0.05, 0) is 51.7 Å². The molecule has 0 spiro atoms. The molecule has 1 aliphatic rings. The van der Waals surface area contributed by atoms with Crippen molar-refractivity contribution in [3.05, 3.63) is 24.3 Å². The number of anilines is 2. The molecule has 5 nitrogen and oxygen atoms in total. The first-order chi connectivity index (χ1) is 10.0. The van der Waals surface area contributed by atoms with Crippen molar-refractivity contribution >= 4 is 17.3 Å². The van der Waals surface area contributed by atoms with E-state index in [0.717, 1.165) is 38.3 Å². The van der Waals surface area contributed by atoms with Gasteiger partial charge in [-0.1, -0.05) is 6.07 Å². The highest BCUT2D eigenvalue weighted by molar-refractivity contribution is 5.91. The molecule has 1 aromatic rings. The lowest BCUT2D eigenvalue weighted by Crippen LogP contribution is -2.39. The number of likely N-dealkylation sites (N-methyl/N-ethyl adjacent to an activating group) is 1. The van der Waals surface area contributed by atoms with Crippen molar-refractivity contribution in [1.29, 1.82) is 0 Å². The number of carbonyl (C=O) groups excluding carboxylic acids is 1. The Bertz CT molecular complexity index is 477. The van der Waals surface area contributed by atoms with Crippen LogP contribution in [0.3, 0.4) is 0 Å². The average Bonchev–Trinajstić information content (AvgIpc) is 2.57. The van der Waals surface area contributed by atoms with E-state index in [9.17, 15) is 4.79 Å². The number of nitrogen functional groups attached to an aromatic ring is 1. The summed E-state index contributed by atoms with van der Waals surface area (Å²) in [6.45, 7) is 6.31. The molecule has 0 saturated carbocycles. The average molecular weight is 290 g/mol. The second-order valence-electron chi connectivity index (χ2n) is 5.92. The number of nitrogens with one attached hydrogen (secondary N) is 1. The Morgan fingerprint density at radius 1 is 1.43 bits per heavy atom. The summed E-state index contributed by atoms with van der Waals surface area (Å²) in [6.07, 6.45) is 1.68. The van der Waals surface area contributed by atoms with E-state index in [1.807, 2.05) is 18.2 Å². The van der Waals surface area contributed by atoms with Gasteiger partial charge in [0.1, 0.15) is 0 Å². The Morgan fingerprint density at radius 2 is 2.24 bits per heavy atom. The fourth-order valence-electron chi connectivity index (χ4n) is 2.84. The smallest absolute Gasteiger partial charge is 0.225 e. The minimum absolute atomic E-state index is 0.0467. The summed E-state index contributed by atoms with van der Waals surface area (Å²) in [5.74, 6) is 0.0467. The second-order valence-corrected chi connectivity index (χ2v) is 5.92. The highest BCUT2D eigenvalue weighted by atomic mass is 16.1. The summed E-state index contributed by atoms with van der Waals surface area (Å²) in [5.41, 5.74) is 7.14. The van der Waals surface area contributed by atoms with E-state index in [1.165, 1.54) is 0 Å². The standard InChI is InChI=1S/C16H26N4O/c1-13-12-19(2)8-4-9-20(13)10-7-16(21)18-15-6-3-5-14(17)11-15/h3,5-6,11,13H,4,7-10,12,17H2,1-2H3,(H,18,21). The van der Waals surface area contributed by atoms with Crippen molar-refractivity contribution in [2.24, 2.45) is 0 Å². The molecule has 3 N–H and O–H groups in total. The molecule has 1 amide bonds. The van der Waals surface area contributed by atoms with Crippen molar-refractivity contribution in [2.45, 2.75) is 25.8 Å². The lowest BCUT2D eigenvalue weighted by molar-refractivity contribution is -0.116. The van der Waals surface area contributed by atoms with Crippen LogP contribution in [0.2, 0.25) is 0 Å². The van der Waals surface area contributed by atoms with Gasteiger partial charge in [-0.15, -0.1) is 0 Å². The highest BCUT2D eigenvalue weighted by Crippen LogP contribution is 2.13. The number of hydrogen-bond donors (Lipinski definition) is 2. The van der Waals surface area contributed by atoms with Crippen LogP contribution >= 0.6 is 0 Å². The maximum atomic E-state index is 12.0. The predicted octanol–water partition coefficient (Wildman–Crippen LogP) is 1.62. The lowest BCUT2D eigenvalue weighted by atomic mass is 10.2. The van der Waals surface area contributed by atoms with Crippen molar-refractivity contribution < 1.29 is 4.79 Å². The molecule has 1 aliphatic heterocycles. The Balaban J connectivity index is 1.80. The summed E-state index contributed by atoms with van der Waals surface area (Å²) in [5, 5.41) is 2.91. The van der Waals surface area contributed by atoms with Gasteiger partial charge >= 0.3 is 0 Å². The van der Waals surface area contributed by atoms with Crippen LogP contribution in [0.4, 0.5) is 11.4 Å². The molecule has 5 heteroatoms. The SMILES string of the molecule is CC1CN(C)CCCN1CCC(=O)Nc1cccc(N)c1. The fraction of sp³-hybridized carbons (Fsp3) is 0.562. The number of amides is 1. The van der Waals surface area contributed by atoms with Crippen molar-refractivity contribution in [3.63, 3.8) is 0 Å². The van der Waals surface area contributed by atoms with Gasteiger partial charge < -0.3 is 16.0 Å². The van der Waals surface area contributed by atoms with Crippen molar-refractivity contribution in [2.75, 3.05) is 44.3 Å². The Labute approximate surface area is 127 Å². The van der Waals surface area contributed by atoms with E-state index in [4.69, 9.17) is 5.73 Å². The van der Waals surface area contributed by atoms with Gasteiger partial charge in [0.25, 0.3) is 0 Å². The third-order valence-corrected chi connectivity index (χ3v) is 3.98. The van der Waals surface area contributed by atoms with E-state index in [0.29, 0.717) is 18.2 Å². The van der Waals surface area contributed by atoms with Gasteiger partial charge in [0.2, 0.25) is 5.91 Å². The minimum atomic E-state index is 0.0467. The van der Waals surface area contributed by atoms with Crippen LogP contribution in [0.15, 0.2) is 24.3 Å². The molecule has 1 saturated heterocycles. The lowest BCUT2D eigenvalue weighted by Gasteiger charge is -2.27. The topological polar surface area (TPSA) is 61.6 Å². The number of carbonyl (C=O) groups is 1. The maximum absolute atomic E-state index is 12.0. The first kappa shape index (κ1) is 15.8. The van der Waals surface area contributed by atoms with E-state index in [-0.39, 0.29) is 5.91 Å². The van der Waals surface area contributed by atoms with Crippen LogP contribution in [-0.4, -0.2) is 55.0 Å². The van der Waals surface area contributed by atoms with Gasteiger partial charge in [0.15, 0.2) is 0 Å². The molecule has 116 valence electrons. The monoisotopic (exact) mass is 290 g/mol. The Kier molecular flexibility index (Phi) is 5.59. The quantitative estimate of drug-likeness (QED) is 0.827. The molecular formula is C16H26N4O. The molecule has 0 bridgehead atoms. The molecule has 0 aliphatic carbocycles. The van der Waals surface area contributed by atoms with Crippen molar-refractivity contribution in [1.82, 2.24) is 9.80 Å². The van der Waals surface area contributed by atoms with E-state index < -0.39 is 0 Å². The van der Waals surface area contributed by atoms with E-state index in [1.54, 1.807) is 6.07 Å². The normalized spacial score (nSPS) is 21.0. The Hall–Kier alpha value is -1.59. The van der Waals surface area contributed by atoms with Crippen LogP contribution in [0.1, 0.15) is 19.8 Å². The summed E-state index contributed by atoms with van der Waals surface area (Å²) < 4.78 is 0. The van der Waals surface area contributed by atoms with Gasteiger partial charge in [0.05, 0.1) is 0 Å². The third-order valence-electron chi connectivity index (χ3n) is 3.98. The van der Waals surface area contributed by atoms with Gasteiger partial charge in [-0.25, -0.2) is 0 Å². The van der Waals surface area contributed by atoms with Gasteiger partial charge in [-0.2, -0.15) is 0 Å². The number of benzene rings is 1. The molecule has 1 fully saturated rings. The summed E-state index contributed by atoms with van der Waals surface area (Å²) in [4.78, 5) is 16.8. The first-order valence-corrected chi connectivity index (χ1v) is 7.62. The summed E-state index contributed by atoms with van der Waals surface area (Å²) in [7, 11) is 2.16. The zero-order valence-corrected chi connectivity index (χ0v) is 13.0. The molecule has 1 atom stereocenters. The molecule has 21 heavy (non-hydrogen) atoms. The fourth-order valence-corrected chi connectivity index (χ4v) is 2.84. The molecule has 1 heterocycles. The molecule has 0 radical (unpaired) electrons. The predicted molar refractivity (Wildman–Crippen MR) is 87.3 cm³/mol. The summed E-state index contributed by atoms with van der Waals surface area (Å²) in [6, 6.07) is 7.79. The van der Waals surface area contributed by atoms with Crippen LogP contribution in [0.5, 0.6) is 0 Å². The molecule has 2 rings (SSSR count). The molecule has 0 aromatic heterocycles. The van der Waals surface area contributed by atoms with Gasteiger partial charge in [0, 0.05) is 36.9 Å². The largest absolute Gasteiger partial charge is 0.399 e. The third kappa shape index (κ3) is 5.02. The van der Waals surface area contributed by atoms with Crippen molar-refractivity contribution in [3.8, 4) is 0 Å². The minimum Gasteiger partial charge on any atom is -0.399 e. The summed E-state index contributed by atoms with van der Waals surface area (Å²) >= 11 is 0.